The van der Waals surface area contributed by atoms with Crippen LogP contribution in [0.3, 0.4) is 0 Å². The quantitative estimate of drug-likeness (QED) is 0.871. The Balaban J connectivity index is 1.74. The number of nitrogens with zero attached hydrogens (tertiary/aromatic N) is 1. The Morgan fingerprint density at radius 1 is 1.33 bits per heavy atom. The van der Waals surface area contributed by atoms with Crippen LogP contribution < -0.4 is 10.6 Å². The summed E-state index contributed by atoms with van der Waals surface area (Å²) in [6.45, 7) is 3.89. The average molecular weight is 310 g/mol. The molecule has 21 heavy (non-hydrogen) atoms. The van der Waals surface area contributed by atoms with Gasteiger partial charge in [-0.3, -0.25) is 9.59 Å². The van der Waals surface area contributed by atoms with Crippen molar-refractivity contribution in [2.75, 3.05) is 31.5 Å². The molecule has 0 aliphatic carbocycles. The number of hydrogen-bond acceptors (Lipinski definition) is 3. The third kappa shape index (κ3) is 4.93. The Morgan fingerprint density at radius 2 is 2.05 bits per heavy atom. The number of anilines is 1. The Bertz CT molecular complexity index is 504. The van der Waals surface area contributed by atoms with Crippen LogP contribution in [0, 0.1) is 5.92 Å². The molecule has 0 spiro atoms. The summed E-state index contributed by atoms with van der Waals surface area (Å²) in [5.41, 5.74) is 0.877. The van der Waals surface area contributed by atoms with E-state index in [1.165, 1.54) is 6.92 Å². The van der Waals surface area contributed by atoms with Crippen molar-refractivity contribution in [3.8, 4) is 0 Å². The van der Waals surface area contributed by atoms with Crippen LogP contribution in [-0.2, 0) is 9.59 Å². The summed E-state index contributed by atoms with van der Waals surface area (Å²) in [5, 5.41) is 6.57. The maximum Gasteiger partial charge on any atom is 0.241 e. The number of halogens is 1. The van der Waals surface area contributed by atoms with Gasteiger partial charge in [0.15, 0.2) is 0 Å². The highest BCUT2D eigenvalue weighted by molar-refractivity contribution is 6.30. The van der Waals surface area contributed by atoms with E-state index in [9.17, 15) is 9.59 Å². The number of carbonyl (C=O) groups is 2. The zero-order valence-corrected chi connectivity index (χ0v) is 12.8. The minimum atomic E-state index is -0.0239. The number of amides is 2. The fraction of sp³-hybridized carbons (Fsp3) is 0.467. The second-order valence-electron chi connectivity index (χ2n) is 5.29. The predicted octanol–water partition coefficient (Wildman–Crippen LogP) is 1.74. The Hall–Kier alpha value is -1.75. The Kier molecular flexibility index (Phi) is 5.44. The van der Waals surface area contributed by atoms with E-state index < -0.39 is 0 Å². The highest BCUT2D eigenvalue weighted by atomic mass is 35.5. The van der Waals surface area contributed by atoms with Crippen LogP contribution in [0.2, 0.25) is 5.02 Å². The van der Waals surface area contributed by atoms with Crippen molar-refractivity contribution < 1.29 is 9.59 Å². The first kappa shape index (κ1) is 15.6. The van der Waals surface area contributed by atoms with E-state index in [1.54, 1.807) is 12.1 Å². The van der Waals surface area contributed by atoms with Crippen LogP contribution in [0.5, 0.6) is 0 Å². The third-order valence-corrected chi connectivity index (χ3v) is 3.82. The van der Waals surface area contributed by atoms with Gasteiger partial charge in [0.1, 0.15) is 0 Å². The van der Waals surface area contributed by atoms with Crippen molar-refractivity contribution in [1.82, 2.24) is 10.2 Å². The zero-order valence-electron chi connectivity index (χ0n) is 12.1. The topological polar surface area (TPSA) is 61.4 Å². The second kappa shape index (κ2) is 7.31. The standard InChI is InChI=1S/C15H20ClN3O2/c1-11(20)17-8-12-6-7-19(10-12)15(21)9-18-14-4-2-13(16)3-5-14/h2-5,12,18H,6-10H2,1H3,(H,17,20). The first-order valence-electron chi connectivity index (χ1n) is 7.06. The van der Waals surface area contributed by atoms with E-state index in [4.69, 9.17) is 11.6 Å². The number of hydrogen-bond donors (Lipinski definition) is 2. The van der Waals surface area contributed by atoms with Crippen LogP contribution in [-0.4, -0.2) is 42.9 Å². The summed E-state index contributed by atoms with van der Waals surface area (Å²) in [6.07, 6.45) is 0.937. The summed E-state index contributed by atoms with van der Waals surface area (Å²) in [6, 6.07) is 7.26. The number of likely N-dealkylation sites (tertiary alicyclic amines) is 1. The maximum atomic E-state index is 12.1. The van der Waals surface area contributed by atoms with Gasteiger partial charge in [-0.2, -0.15) is 0 Å². The van der Waals surface area contributed by atoms with Gasteiger partial charge in [-0.25, -0.2) is 0 Å². The zero-order chi connectivity index (χ0) is 15.2. The maximum absolute atomic E-state index is 12.1. The van der Waals surface area contributed by atoms with Crippen molar-refractivity contribution in [1.29, 1.82) is 0 Å². The van der Waals surface area contributed by atoms with E-state index in [0.717, 1.165) is 18.7 Å². The summed E-state index contributed by atoms with van der Waals surface area (Å²) >= 11 is 5.81. The van der Waals surface area contributed by atoms with E-state index in [0.29, 0.717) is 24.0 Å². The molecule has 1 unspecified atom stereocenters. The molecular weight excluding hydrogens is 290 g/mol. The molecule has 6 heteroatoms. The van der Waals surface area contributed by atoms with Gasteiger partial charge in [0, 0.05) is 37.3 Å². The van der Waals surface area contributed by atoms with Gasteiger partial charge in [0.2, 0.25) is 11.8 Å². The van der Waals surface area contributed by atoms with Crippen LogP contribution in [0.25, 0.3) is 0 Å². The molecule has 114 valence electrons. The molecule has 1 heterocycles. The molecule has 0 bridgehead atoms. The highest BCUT2D eigenvalue weighted by Crippen LogP contribution is 2.16. The normalized spacial score (nSPS) is 17.6. The van der Waals surface area contributed by atoms with E-state index in [2.05, 4.69) is 10.6 Å². The van der Waals surface area contributed by atoms with Crippen molar-refractivity contribution >= 4 is 29.1 Å². The second-order valence-corrected chi connectivity index (χ2v) is 5.73. The van der Waals surface area contributed by atoms with Crippen molar-refractivity contribution in [2.45, 2.75) is 13.3 Å². The molecule has 0 aromatic heterocycles. The lowest BCUT2D eigenvalue weighted by molar-refractivity contribution is -0.128. The molecule has 2 rings (SSSR count). The molecule has 0 radical (unpaired) electrons. The first-order valence-corrected chi connectivity index (χ1v) is 7.44. The SMILES string of the molecule is CC(=O)NCC1CCN(C(=O)CNc2ccc(Cl)cc2)C1. The molecule has 1 saturated heterocycles. The van der Waals surface area contributed by atoms with Crippen LogP contribution in [0.15, 0.2) is 24.3 Å². The number of nitrogens with one attached hydrogen (secondary N) is 2. The first-order chi connectivity index (χ1) is 10.0. The number of carbonyl (C=O) groups excluding carboxylic acids is 2. The van der Waals surface area contributed by atoms with E-state index in [-0.39, 0.29) is 18.4 Å². The van der Waals surface area contributed by atoms with Crippen molar-refractivity contribution in [2.24, 2.45) is 5.92 Å². The molecule has 2 amide bonds. The van der Waals surface area contributed by atoms with Crippen LogP contribution in [0.4, 0.5) is 5.69 Å². The number of rotatable bonds is 5. The fourth-order valence-electron chi connectivity index (χ4n) is 2.37. The third-order valence-electron chi connectivity index (χ3n) is 3.57. The molecule has 1 fully saturated rings. The molecule has 0 saturated carbocycles. The minimum absolute atomic E-state index is 0.0239. The van der Waals surface area contributed by atoms with Crippen molar-refractivity contribution in [3.05, 3.63) is 29.3 Å². The van der Waals surface area contributed by atoms with Gasteiger partial charge >= 0.3 is 0 Å². The predicted molar refractivity (Wildman–Crippen MR) is 83.3 cm³/mol. The number of benzene rings is 1. The molecule has 5 nitrogen and oxygen atoms in total. The molecule has 1 aromatic carbocycles. The van der Waals surface area contributed by atoms with Gasteiger partial charge in [0.05, 0.1) is 6.54 Å². The smallest absolute Gasteiger partial charge is 0.241 e. The van der Waals surface area contributed by atoms with Gasteiger partial charge in [0.25, 0.3) is 0 Å². The van der Waals surface area contributed by atoms with Crippen molar-refractivity contribution in [3.63, 3.8) is 0 Å². The lowest BCUT2D eigenvalue weighted by Gasteiger charge is -2.17. The monoisotopic (exact) mass is 309 g/mol. The molecular formula is C15H20ClN3O2. The fourth-order valence-corrected chi connectivity index (χ4v) is 2.50. The summed E-state index contributed by atoms with van der Waals surface area (Å²) < 4.78 is 0. The van der Waals surface area contributed by atoms with Crippen LogP contribution >= 0.6 is 11.6 Å². The minimum Gasteiger partial charge on any atom is -0.376 e. The lowest BCUT2D eigenvalue weighted by atomic mass is 10.1. The van der Waals surface area contributed by atoms with Gasteiger partial charge < -0.3 is 15.5 Å². The van der Waals surface area contributed by atoms with Gasteiger partial charge in [-0.05, 0) is 36.6 Å². The summed E-state index contributed by atoms with van der Waals surface area (Å²) in [4.78, 5) is 24.9. The van der Waals surface area contributed by atoms with E-state index >= 15 is 0 Å². The Labute approximate surface area is 129 Å². The van der Waals surface area contributed by atoms with Gasteiger partial charge in [-0.1, -0.05) is 11.6 Å². The molecule has 1 aliphatic rings. The molecule has 1 aromatic rings. The average Bonchev–Trinajstić information content (AvgIpc) is 2.93. The van der Waals surface area contributed by atoms with E-state index in [1.807, 2.05) is 17.0 Å². The summed E-state index contributed by atoms with van der Waals surface area (Å²) in [7, 11) is 0. The molecule has 1 atom stereocenters. The lowest BCUT2D eigenvalue weighted by Crippen LogP contribution is -2.35. The Morgan fingerprint density at radius 3 is 2.71 bits per heavy atom. The highest BCUT2D eigenvalue weighted by Gasteiger charge is 2.25. The molecule has 2 N–H and O–H groups in total. The molecule has 1 aliphatic heterocycles. The van der Waals surface area contributed by atoms with Crippen LogP contribution in [0.1, 0.15) is 13.3 Å². The van der Waals surface area contributed by atoms with Gasteiger partial charge in [-0.15, -0.1) is 0 Å². The largest absolute Gasteiger partial charge is 0.376 e. The summed E-state index contributed by atoms with van der Waals surface area (Å²) in [5.74, 6) is 0.410.